The maximum Gasteiger partial charge on any atom is 0.421 e. The predicted molar refractivity (Wildman–Crippen MR) is 179 cm³/mol. The summed E-state index contributed by atoms with van der Waals surface area (Å²) in [5.74, 6) is -0.607. The van der Waals surface area contributed by atoms with Crippen molar-refractivity contribution in [2.24, 2.45) is 12.8 Å². The summed E-state index contributed by atoms with van der Waals surface area (Å²) in [6, 6.07) is 7.64. The summed E-state index contributed by atoms with van der Waals surface area (Å²) in [5, 5.41) is 17.6. The molecule has 2 aromatic carbocycles. The zero-order valence-corrected chi connectivity index (χ0v) is 28.2. The van der Waals surface area contributed by atoms with Gasteiger partial charge in [-0.05, 0) is 55.2 Å². The van der Waals surface area contributed by atoms with E-state index in [4.69, 9.17) is 19.5 Å². The lowest BCUT2D eigenvalue weighted by Crippen LogP contribution is -2.38. The second kappa shape index (κ2) is 14.4. The van der Waals surface area contributed by atoms with Crippen LogP contribution in [0, 0.1) is 0 Å². The topological polar surface area (TPSA) is 166 Å². The molecule has 0 aliphatic carbocycles. The van der Waals surface area contributed by atoms with Crippen LogP contribution in [0.1, 0.15) is 37.0 Å². The van der Waals surface area contributed by atoms with Gasteiger partial charge in [-0.15, -0.1) is 0 Å². The van der Waals surface area contributed by atoms with E-state index >= 15 is 0 Å². The summed E-state index contributed by atoms with van der Waals surface area (Å²) in [4.78, 5) is 21.2. The van der Waals surface area contributed by atoms with Gasteiger partial charge in [0.2, 0.25) is 11.8 Å². The van der Waals surface area contributed by atoms with Gasteiger partial charge in [-0.2, -0.15) is 18.2 Å². The molecule has 0 bridgehead atoms. The molecular formula is C32H37F3N7O6P. The van der Waals surface area contributed by atoms with E-state index in [1.807, 2.05) is 6.08 Å². The number of ether oxygens (including phenoxy) is 1. The Morgan fingerprint density at radius 2 is 1.84 bits per heavy atom. The Hall–Kier alpha value is -4.79. The number of fused-ring (bicyclic) bond motifs is 1. The molecule has 0 fully saturated rings. The first-order chi connectivity index (χ1) is 23.3. The summed E-state index contributed by atoms with van der Waals surface area (Å²) in [5.41, 5.74) is 7.05. The molecule has 1 aliphatic heterocycles. The average molecular weight is 704 g/mol. The number of aryl methyl sites for hydroxylation is 1. The molecule has 2 amide bonds. The standard InChI is InChI=1S/C32H37F3N7O6P/c1-5-47-49(45,48-6-2)18-19-7-9-24(26(15-19)46-4)39-31-37-16-23(32(33,34)35)28(40-31)38-25-10-8-21(22-17-41(3)29(43)27(22)25)20-11-13-42(14-12-20)30(36)44/h7-11,15-17,43H,5-6,12-14,18H2,1-4H3,(H2,36,44)(H2,37,38,39,40). The fourth-order valence-corrected chi connectivity index (χ4v) is 7.29. The minimum absolute atomic E-state index is 0.0150. The number of methoxy groups -OCH3 is 1. The van der Waals surface area contributed by atoms with E-state index in [0.717, 1.165) is 11.1 Å². The van der Waals surface area contributed by atoms with E-state index in [2.05, 4.69) is 20.6 Å². The molecule has 262 valence electrons. The number of alkyl halides is 3. The Bertz CT molecular complexity index is 1940. The molecule has 0 spiro atoms. The van der Waals surface area contributed by atoms with E-state index in [1.54, 1.807) is 57.4 Å². The third-order valence-corrected chi connectivity index (χ3v) is 9.94. The number of amides is 2. The first-order valence-corrected chi connectivity index (χ1v) is 17.1. The molecule has 17 heteroatoms. The van der Waals surface area contributed by atoms with E-state index in [9.17, 15) is 27.6 Å². The van der Waals surface area contributed by atoms with Crippen molar-refractivity contribution >= 4 is 53.1 Å². The van der Waals surface area contributed by atoms with Crippen LogP contribution in [0.25, 0.3) is 16.3 Å². The average Bonchev–Trinajstić information content (AvgIpc) is 3.35. The Balaban J connectivity index is 1.49. The minimum Gasteiger partial charge on any atom is -0.495 e. The first kappa shape index (κ1) is 35.5. The van der Waals surface area contributed by atoms with Gasteiger partial charge in [-0.1, -0.05) is 18.2 Å². The summed E-state index contributed by atoms with van der Waals surface area (Å²) < 4.78 is 73.4. The summed E-state index contributed by atoms with van der Waals surface area (Å²) in [6.45, 7) is 4.54. The van der Waals surface area contributed by atoms with Gasteiger partial charge in [0.25, 0.3) is 0 Å². The van der Waals surface area contributed by atoms with Crippen molar-refractivity contribution in [3.05, 3.63) is 65.5 Å². The maximum absolute atomic E-state index is 14.2. The van der Waals surface area contributed by atoms with E-state index in [-0.39, 0.29) is 48.0 Å². The lowest BCUT2D eigenvalue weighted by Gasteiger charge is -2.25. The van der Waals surface area contributed by atoms with E-state index < -0.39 is 31.2 Å². The summed E-state index contributed by atoms with van der Waals surface area (Å²) >= 11 is 0. The molecular weight excluding hydrogens is 666 g/mol. The van der Waals surface area contributed by atoms with Gasteiger partial charge in [-0.25, -0.2) is 9.78 Å². The molecule has 1 aliphatic rings. The van der Waals surface area contributed by atoms with Crippen LogP contribution >= 0.6 is 7.60 Å². The molecule has 5 N–H and O–H groups in total. The number of aromatic hydroxyl groups is 1. The number of rotatable bonds is 12. The molecule has 3 heterocycles. The van der Waals surface area contributed by atoms with Gasteiger partial charge in [0, 0.05) is 37.9 Å². The van der Waals surface area contributed by atoms with Gasteiger partial charge in [0.1, 0.15) is 17.1 Å². The van der Waals surface area contributed by atoms with Crippen LogP contribution in [0.15, 0.2) is 48.8 Å². The van der Waals surface area contributed by atoms with E-state index in [1.165, 1.54) is 16.6 Å². The van der Waals surface area contributed by atoms with Crippen molar-refractivity contribution in [2.75, 3.05) is 44.0 Å². The normalized spacial score (nSPS) is 13.8. The molecule has 0 radical (unpaired) electrons. The molecule has 13 nitrogen and oxygen atoms in total. The lowest BCUT2D eigenvalue weighted by molar-refractivity contribution is -0.137. The molecule has 0 atom stereocenters. The SMILES string of the molecule is CCOP(=O)(Cc1ccc(Nc2ncc(C(F)(F)F)c(Nc3ccc(C4=CCN(C(N)=O)CC4)c4cn(C)c(O)c34)n2)c(OC)c1)OCC. The second-order valence-electron chi connectivity index (χ2n) is 11.1. The van der Waals surface area contributed by atoms with Crippen LogP contribution in [-0.4, -0.2) is 64.0 Å². The van der Waals surface area contributed by atoms with Gasteiger partial charge >= 0.3 is 19.8 Å². The highest BCUT2D eigenvalue weighted by molar-refractivity contribution is 7.53. The number of anilines is 4. The third kappa shape index (κ3) is 7.77. The fraction of sp³-hybridized carbons (Fsp3) is 0.344. The number of halogens is 3. The number of nitrogens with one attached hydrogen (secondary N) is 2. The maximum atomic E-state index is 14.2. The van der Waals surface area contributed by atoms with Gasteiger partial charge in [0.05, 0.1) is 43.2 Å². The number of nitrogens with two attached hydrogens (primary N) is 1. The lowest BCUT2D eigenvalue weighted by atomic mass is 9.95. The van der Waals surface area contributed by atoms with Crippen molar-refractivity contribution in [1.29, 1.82) is 0 Å². The number of nitrogens with zero attached hydrogens (tertiary/aromatic N) is 4. The van der Waals surface area contributed by atoms with Gasteiger partial charge < -0.3 is 44.7 Å². The predicted octanol–water partition coefficient (Wildman–Crippen LogP) is 7.12. The zero-order chi connectivity index (χ0) is 35.5. The van der Waals surface area contributed by atoms with E-state index in [0.29, 0.717) is 42.3 Å². The number of urea groups is 1. The zero-order valence-electron chi connectivity index (χ0n) is 27.3. The van der Waals surface area contributed by atoms with Crippen molar-refractivity contribution in [1.82, 2.24) is 19.4 Å². The fourth-order valence-electron chi connectivity index (χ4n) is 5.60. The number of primary amides is 1. The molecule has 0 saturated heterocycles. The second-order valence-corrected chi connectivity index (χ2v) is 13.2. The Kier molecular flexibility index (Phi) is 10.4. The van der Waals surface area contributed by atoms with Crippen LogP contribution in [0.3, 0.4) is 0 Å². The number of hydrogen-bond acceptors (Lipinski definition) is 10. The van der Waals surface area contributed by atoms with Crippen molar-refractivity contribution in [3.8, 4) is 11.6 Å². The molecule has 49 heavy (non-hydrogen) atoms. The molecule has 0 unspecified atom stereocenters. The number of aromatic nitrogens is 3. The van der Waals surface area contributed by atoms with Crippen LogP contribution in [0.4, 0.5) is 41.1 Å². The first-order valence-electron chi connectivity index (χ1n) is 15.3. The quantitative estimate of drug-likeness (QED) is 0.112. The molecule has 0 saturated carbocycles. The van der Waals surface area contributed by atoms with Crippen molar-refractivity contribution in [3.63, 3.8) is 0 Å². The number of benzene rings is 2. The molecule has 5 rings (SSSR count). The molecule has 4 aromatic rings. The van der Waals surface area contributed by atoms with Gasteiger partial charge in [0.15, 0.2) is 0 Å². The Morgan fingerprint density at radius 3 is 2.45 bits per heavy atom. The highest BCUT2D eigenvalue weighted by atomic mass is 31.2. The monoisotopic (exact) mass is 703 g/mol. The number of hydrogen-bond donors (Lipinski definition) is 4. The van der Waals surface area contributed by atoms with Crippen LogP contribution < -0.4 is 21.1 Å². The Morgan fingerprint density at radius 1 is 1.12 bits per heavy atom. The number of carbonyl (C=O) groups excluding carboxylic acids is 1. The highest BCUT2D eigenvalue weighted by Crippen LogP contribution is 2.52. The van der Waals surface area contributed by atoms with Crippen LogP contribution in [0.2, 0.25) is 0 Å². The summed E-state index contributed by atoms with van der Waals surface area (Å²) in [6.07, 6.45) is -0.121. The van der Waals surface area contributed by atoms with Crippen LogP contribution in [0.5, 0.6) is 11.6 Å². The Labute approximate surface area is 280 Å². The van der Waals surface area contributed by atoms with Crippen molar-refractivity contribution < 1.29 is 41.4 Å². The van der Waals surface area contributed by atoms with Crippen molar-refractivity contribution in [2.45, 2.75) is 32.6 Å². The molecule has 2 aromatic heterocycles. The van der Waals surface area contributed by atoms with Gasteiger partial charge in [-0.3, -0.25) is 4.57 Å². The smallest absolute Gasteiger partial charge is 0.421 e. The minimum atomic E-state index is -4.81. The third-order valence-electron chi connectivity index (χ3n) is 7.88. The largest absolute Gasteiger partial charge is 0.495 e. The van der Waals surface area contributed by atoms with Crippen LogP contribution in [-0.2, 0) is 33.0 Å². The highest BCUT2D eigenvalue weighted by Gasteiger charge is 2.36. The number of carbonyl (C=O) groups is 1. The summed E-state index contributed by atoms with van der Waals surface area (Å²) in [7, 11) is -0.381.